The second-order valence-electron chi connectivity index (χ2n) is 4.92. The number of anilines is 1. The van der Waals surface area contributed by atoms with Gasteiger partial charge in [0.15, 0.2) is 5.96 Å². The zero-order valence-electron chi connectivity index (χ0n) is 12.1. The normalized spacial score (nSPS) is 11.5. The average Bonchev–Trinajstić information content (AvgIpc) is 2.36. The SMILES string of the molecule is COc1ccc(NC(N)=NCC(C)(C)C(N)=O)cc1Cl.I. The van der Waals surface area contributed by atoms with E-state index in [4.69, 9.17) is 27.8 Å². The molecule has 1 amide bonds. The number of benzene rings is 1. The van der Waals surface area contributed by atoms with Crippen LogP contribution in [0.2, 0.25) is 5.02 Å². The number of nitrogens with zero attached hydrogens (tertiary/aromatic N) is 1. The summed E-state index contributed by atoms with van der Waals surface area (Å²) >= 11 is 6.00. The van der Waals surface area contributed by atoms with Crippen LogP contribution in [-0.4, -0.2) is 25.5 Å². The smallest absolute Gasteiger partial charge is 0.224 e. The third kappa shape index (κ3) is 5.96. The van der Waals surface area contributed by atoms with Crippen molar-refractivity contribution in [3.05, 3.63) is 23.2 Å². The highest BCUT2D eigenvalue weighted by Crippen LogP contribution is 2.27. The summed E-state index contributed by atoms with van der Waals surface area (Å²) in [5, 5.41) is 3.34. The van der Waals surface area contributed by atoms with E-state index in [9.17, 15) is 4.79 Å². The molecule has 6 nitrogen and oxygen atoms in total. The van der Waals surface area contributed by atoms with Crippen molar-refractivity contribution in [1.82, 2.24) is 0 Å². The van der Waals surface area contributed by atoms with Crippen molar-refractivity contribution in [2.75, 3.05) is 19.0 Å². The fraction of sp³-hybridized carbons (Fsp3) is 0.385. The van der Waals surface area contributed by atoms with Crippen molar-refractivity contribution in [2.24, 2.45) is 21.9 Å². The van der Waals surface area contributed by atoms with Gasteiger partial charge in [0.1, 0.15) is 5.75 Å². The number of halogens is 2. The minimum absolute atomic E-state index is 0. The maximum atomic E-state index is 11.2. The molecule has 0 radical (unpaired) electrons. The highest BCUT2D eigenvalue weighted by molar-refractivity contribution is 14.0. The molecule has 0 heterocycles. The molecule has 0 aliphatic carbocycles. The van der Waals surface area contributed by atoms with Crippen LogP contribution in [0, 0.1) is 5.41 Å². The average molecular weight is 427 g/mol. The van der Waals surface area contributed by atoms with Gasteiger partial charge in [-0.1, -0.05) is 11.6 Å². The zero-order valence-corrected chi connectivity index (χ0v) is 15.2. The number of nitrogens with two attached hydrogens (primary N) is 2. The topological polar surface area (TPSA) is 103 Å². The molecular formula is C13H20ClIN4O2. The molecule has 0 unspecified atom stereocenters. The lowest BCUT2D eigenvalue weighted by Gasteiger charge is -2.17. The molecular weight excluding hydrogens is 407 g/mol. The Balaban J connectivity index is 0.00000400. The van der Waals surface area contributed by atoms with E-state index in [2.05, 4.69) is 10.3 Å². The first-order valence-corrected chi connectivity index (χ1v) is 6.34. The maximum absolute atomic E-state index is 11.2. The number of aliphatic imine (C=N–C) groups is 1. The van der Waals surface area contributed by atoms with Crippen molar-refractivity contribution in [3.63, 3.8) is 0 Å². The summed E-state index contributed by atoms with van der Waals surface area (Å²) < 4.78 is 5.05. The zero-order chi connectivity index (χ0) is 15.3. The van der Waals surface area contributed by atoms with Gasteiger partial charge in [0.2, 0.25) is 5.91 Å². The van der Waals surface area contributed by atoms with Crippen LogP contribution in [0.25, 0.3) is 0 Å². The van der Waals surface area contributed by atoms with Gasteiger partial charge in [-0.05, 0) is 32.0 Å². The van der Waals surface area contributed by atoms with E-state index in [1.165, 1.54) is 7.11 Å². The third-order valence-corrected chi connectivity index (χ3v) is 3.03. The Morgan fingerprint density at radius 2 is 2.05 bits per heavy atom. The number of hydrogen-bond donors (Lipinski definition) is 3. The molecule has 118 valence electrons. The van der Waals surface area contributed by atoms with Gasteiger partial charge in [-0.15, -0.1) is 24.0 Å². The van der Waals surface area contributed by atoms with Crippen LogP contribution < -0.4 is 21.5 Å². The lowest BCUT2D eigenvalue weighted by atomic mass is 9.93. The maximum Gasteiger partial charge on any atom is 0.224 e. The molecule has 0 aromatic heterocycles. The minimum Gasteiger partial charge on any atom is -0.495 e. The Kier molecular flexibility index (Phi) is 7.80. The van der Waals surface area contributed by atoms with Gasteiger partial charge in [-0.3, -0.25) is 9.79 Å². The molecule has 5 N–H and O–H groups in total. The van der Waals surface area contributed by atoms with Gasteiger partial charge in [0.25, 0.3) is 0 Å². The summed E-state index contributed by atoms with van der Waals surface area (Å²) in [5.41, 5.74) is 10.9. The number of amides is 1. The number of carbonyl (C=O) groups is 1. The Bertz CT molecular complexity index is 535. The Morgan fingerprint density at radius 1 is 1.43 bits per heavy atom. The molecule has 1 rings (SSSR count). The second kappa shape index (κ2) is 8.28. The van der Waals surface area contributed by atoms with E-state index in [0.29, 0.717) is 16.5 Å². The molecule has 0 spiro atoms. The van der Waals surface area contributed by atoms with Crippen molar-refractivity contribution in [1.29, 1.82) is 0 Å². The predicted octanol–water partition coefficient (Wildman–Crippen LogP) is 2.20. The fourth-order valence-corrected chi connectivity index (χ4v) is 1.55. The predicted molar refractivity (Wildman–Crippen MR) is 96.5 cm³/mol. The van der Waals surface area contributed by atoms with Gasteiger partial charge in [-0.25, -0.2) is 0 Å². The van der Waals surface area contributed by atoms with E-state index in [1.807, 2.05) is 0 Å². The number of guanidine groups is 1. The van der Waals surface area contributed by atoms with E-state index < -0.39 is 11.3 Å². The van der Waals surface area contributed by atoms with Crippen molar-refractivity contribution < 1.29 is 9.53 Å². The van der Waals surface area contributed by atoms with Crippen molar-refractivity contribution >= 4 is 53.1 Å². The summed E-state index contributed by atoms with van der Waals surface area (Å²) in [6.07, 6.45) is 0. The first-order chi connectivity index (χ1) is 9.26. The number of nitrogens with one attached hydrogen (secondary N) is 1. The van der Waals surface area contributed by atoms with Gasteiger partial charge >= 0.3 is 0 Å². The number of carbonyl (C=O) groups excluding carboxylic acids is 1. The van der Waals surface area contributed by atoms with E-state index in [1.54, 1.807) is 32.0 Å². The summed E-state index contributed by atoms with van der Waals surface area (Å²) in [6, 6.07) is 5.14. The van der Waals surface area contributed by atoms with Crippen LogP contribution in [0.5, 0.6) is 5.75 Å². The second-order valence-corrected chi connectivity index (χ2v) is 5.33. The molecule has 1 aromatic carbocycles. The first-order valence-electron chi connectivity index (χ1n) is 5.96. The molecule has 0 aliphatic rings. The first kappa shape index (κ1) is 19.8. The number of hydrogen-bond acceptors (Lipinski definition) is 3. The Morgan fingerprint density at radius 3 is 2.52 bits per heavy atom. The minimum atomic E-state index is -0.746. The van der Waals surface area contributed by atoms with Gasteiger partial charge < -0.3 is 21.5 Å². The lowest BCUT2D eigenvalue weighted by molar-refractivity contribution is -0.125. The largest absolute Gasteiger partial charge is 0.495 e. The Labute approximate surface area is 146 Å². The molecule has 0 aliphatic heterocycles. The molecule has 1 aromatic rings. The van der Waals surface area contributed by atoms with Gasteiger partial charge in [-0.2, -0.15) is 0 Å². The molecule has 0 bridgehead atoms. The number of primary amides is 1. The fourth-order valence-electron chi connectivity index (χ4n) is 1.29. The van der Waals surface area contributed by atoms with Crippen LogP contribution in [0.3, 0.4) is 0 Å². The standard InChI is InChI=1S/C13H19ClN4O2.HI/c1-13(2,11(15)19)7-17-12(16)18-8-4-5-10(20-3)9(14)6-8;/h4-6H,7H2,1-3H3,(H2,15,19)(H3,16,17,18);1H. The van der Waals surface area contributed by atoms with Crippen LogP contribution in [0.15, 0.2) is 23.2 Å². The van der Waals surface area contributed by atoms with Gasteiger partial charge in [0, 0.05) is 5.69 Å². The monoisotopic (exact) mass is 426 g/mol. The highest BCUT2D eigenvalue weighted by Gasteiger charge is 2.24. The van der Waals surface area contributed by atoms with Crippen LogP contribution in [0.4, 0.5) is 5.69 Å². The lowest BCUT2D eigenvalue weighted by Crippen LogP contribution is -2.35. The molecule has 0 fully saturated rings. The number of rotatable bonds is 5. The molecule has 8 heteroatoms. The number of methoxy groups -OCH3 is 1. The molecule has 0 saturated heterocycles. The van der Waals surface area contributed by atoms with E-state index in [-0.39, 0.29) is 36.5 Å². The number of ether oxygens (including phenoxy) is 1. The molecule has 0 atom stereocenters. The van der Waals surface area contributed by atoms with Crippen LogP contribution in [0.1, 0.15) is 13.8 Å². The molecule has 0 saturated carbocycles. The van der Waals surface area contributed by atoms with Crippen LogP contribution >= 0.6 is 35.6 Å². The van der Waals surface area contributed by atoms with E-state index >= 15 is 0 Å². The van der Waals surface area contributed by atoms with Crippen molar-refractivity contribution in [2.45, 2.75) is 13.8 Å². The quantitative estimate of drug-likeness (QED) is 0.381. The Hall–Kier alpha value is -1.22. The molecule has 21 heavy (non-hydrogen) atoms. The summed E-state index contributed by atoms with van der Waals surface area (Å²) in [6.45, 7) is 3.61. The summed E-state index contributed by atoms with van der Waals surface area (Å²) in [7, 11) is 1.54. The van der Waals surface area contributed by atoms with E-state index in [0.717, 1.165) is 0 Å². The third-order valence-electron chi connectivity index (χ3n) is 2.74. The summed E-state index contributed by atoms with van der Waals surface area (Å²) in [5.74, 6) is 0.324. The van der Waals surface area contributed by atoms with Crippen LogP contribution in [-0.2, 0) is 4.79 Å². The van der Waals surface area contributed by atoms with Gasteiger partial charge in [0.05, 0.1) is 24.1 Å². The summed E-state index contributed by atoms with van der Waals surface area (Å²) in [4.78, 5) is 15.3. The van der Waals surface area contributed by atoms with Crippen molar-refractivity contribution in [3.8, 4) is 5.75 Å². The highest BCUT2D eigenvalue weighted by atomic mass is 127.